The van der Waals surface area contributed by atoms with Gasteiger partial charge in [0.05, 0.1) is 4.92 Å². The third-order valence-electron chi connectivity index (χ3n) is 2.53. The van der Waals surface area contributed by atoms with Gasteiger partial charge in [-0.15, -0.1) is 0 Å². The van der Waals surface area contributed by atoms with Crippen molar-refractivity contribution in [1.29, 1.82) is 0 Å². The predicted octanol–water partition coefficient (Wildman–Crippen LogP) is 3.49. The Morgan fingerprint density at radius 2 is 1.95 bits per heavy atom. The Hall–Kier alpha value is -2.50. The maximum absolute atomic E-state index is 13.4. The smallest absolute Gasteiger partial charge is 0.304 e. The van der Waals surface area contributed by atoms with Gasteiger partial charge >= 0.3 is 5.69 Å². The normalized spacial score (nSPS) is 10.2. The van der Waals surface area contributed by atoms with Gasteiger partial charge in [0.1, 0.15) is 5.82 Å². The van der Waals surface area contributed by atoms with E-state index in [1.807, 2.05) is 0 Å². The summed E-state index contributed by atoms with van der Waals surface area (Å²) in [7, 11) is 0. The first-order valence-electron chi connectivity index (χ1n) is 5.48. The lowest BCUT2D eigenvalue weighted by atomic mass is 10.2. The molecule has 2 aromatic rings. The second kappa shape index (κ2) is 5.43. The van der Waals surface area contributed by atoms with Crippen LogP contribution >= 0.6 is 0 Å². The van der Waals surface area contributed by atoms with Crippen LogP contribution in [0.5, 0.6) is 0 Å². The van der Waals surface area contributed by atoms with Gasteiger partial charge in [-0.1, -0.05) is 12.1 Å². The molecule has 0 aliphatic heterocycles. The van der Waals surface area contributed by atoms with Gasteiger partial charge in [0.2, 0.25) is 5.82 Å². The molecule has 0 aromatic heterocycles. The van der Waals surface area contributed by atoms with Crippen LogP contribution in [0.1, 0.15) is 5.56 Å². The molecule has 0 radical (unpaired) electrons. The number of anilines is 1. The van der Waals surface area contributed by atoms with Crippen molar-refractivity contribution >= 4 is 11.4 Å². The van der Waals surface area contributed by atoms with E-state index in [-0.39, 0.29) is 12.4 Å². The highest BCUT2D eigenvalue weighted by Gasteiger charge is 2.13. The molecule has 0 atom stereocenters. The highest BCUT2D eigenvalue weighted by Crippen LogP contribution is 2.19. The lowest BCUT2D eigenvalue weighted by Crippen LogP contribution is -2.01. The lowest BCUT2D eigenvalue weighted by molar-refractivity contribution is -0.387. The van der Waals surface area contributed by atoms with Crippen LogP contribution in [-0.4, -0.2) is 4.92 Å². The summed E-state index contributed by atoms with van der Waals surface area (Å²) in [6, 6.07) is 9.49. The summed E-state index contributed by atoms with van der Waals surface area (Å²) in [5.41, 5.74) is 0.528. The molecule has 0 saturated carbocycles. The summed E-state index contributed by atoms with van der Waals surface area (Å²) in [4.78, 5) is 9.68. The number of nitrogens with zero attached hydrogens (tertiary/aromatic N) is 1. The number of halogens is 2. The van der Waals surface area contributed by atoms with Crippen LogP contribution in [-0.2, 0) is 6.54 Å². The zero-order chi connectivity index (χ0) is 13.8. The summed E-state index contributed by atoms with van der Waals surface area (Å²) in [5, 5.41) is 13.4. The number of nitro benzene ring substituents is 1. The van der Waals surface area contributed by atoms with E-state index < -0.39 is 16.4 Å². The van der Waals surface area contributed by atoms with E-state index in [9.17, 15) is 18.9 Å². The monoisotopic (exact) mass is 264 g/mol. The van der Waals surface area contributed by atoms with Gasteiger partial charge < -0.3 is 5.32 Å². The summed E-state index contributed by atoms with van der Waals surface area (Å²) in [6.07, 6.45) is 0. The molecule has 0 unspecified atom stereocenters. The Labute approximate surface area is 107 Å². The third-order valence-corrected chi connectivity index (χ3v) is 2.53. The molecule has 19 heavy (non-hydrogen) atoms. The second-order valence-electron chi connectivity index (χ2n) is 3.91. The molecule has 1 N–H and O–H groups in total. The van der Waals surface area contributed by atoms with Crippen molar-refractivity contribution in [2.75, 3.05) is 5.32 Å². The van der Waals surface area contributed by atoms with Crippen molar-refractivity contribution in [2.24, 2.45) is 0 Å². The van der Waals surface area contributed by atoms with Crippen molar-refractivity contribution in [3.8, 4) is 0 Å². The summed E-state index contributed by atoms with van der Waals surface area (Å²) in [5.74, 6) is -1.26. The molecular formula is C13H10F2N2O2. The Balaban J connectivity index is 2.08. The van der Waals surface area contributed by atoms with Crippen LogP contribution < -0.4 is 5.32 Å². The maximum Gasteiger partial charge on any atom is 0.304 e. The lowest BCUT2D eigenvalue weighted by Gasteiger charge is -2.06. The fraction of sp³-hybridized carbons (Fsp3) is 0.0769. The van der Waals surface area contributed by atoms with E-state index in [4.69, 9.17) is 0 Å². The van der Waals surface area contributed by atoms with Crippen LogP contribution in [0.3, 0.4) is 0 Å². The zero-order valence-corrected chi connectivity index (χ0v) is 9.77. The average Bonchev–Trinajstić information content (AvgIpc) is 2.36. The van der Waals surface area contributed by atoms with Crippen molar-refractivity contribution in [1.82, 2.24) is 0 Å². The fourth-order valence-electron chi connectivity index (χ4n) is 1.61. The van der Waals surface area contributed by atoms with E-state index in [0.717, 1.165) is 12.1 Å². The fourth-order valence-corrected chi connectivity index (χ4v) is 1.61. The minimum absolute atomic E-state index is 0.248. The molecule has 0 bridgehead atoms. The quantitative estimate of drug-likeness (QED) is 0.679. The molecular weight excluding hydrogens is 254 g/mol. The highest BCUT2D eigenvalue weighted by molar-refractivity contribution is 5.44. The van der Waals surface area contributed by atoms with Crippen molar-refractivity contribution < 1.29 is 13.7 Å². The first kappa shape index (κ1) is 12.9. The number of nitro groups is 1. The average molecular weight is 264 g/mol. The van der Waals surface area contributed by atoms with Gasteiger partial charge in [-0.2, -0.15) is 4.39 Å². The largest absolute Gasteiger partial charge is 0.381 e. The van der Waals surface area contributed by atoms with Gasteiger partial charge in [-0.25, -0.2) is 4.39 Å². The number of hydrogen-bond donors (Lipinski definition) is 1. The van der Waals surface area contributed by atoms with Crippen molar-refractivity contribution in [2.45, 2.75) is 6.54 Å². The molecule has 0 fully saturated rings. The molecule has 0 saturated heterocycles. The van der Waals surface area contributed by atoms with Crippen LogP contribution in [0.15, 0.2) is 42.5 Å². The molecule has 0 aliphatic carbocycles. The van der Waals surface area contributed by atoms with E-state index in [1.54, 1.807) is 12.1 Å². The second-order valence-corrected chi connectivity index (χ2v) is 3.91. The molecule has 0 heterocycles. The molecule has 4 nitrogen and oxygen atoms in total. The molecule has 98 valence electrons. The SMILES string of the molecule is O=[N+]([O-])c1ccc(CNc2cccc(F)c2)cc1F. The molecule has 0 amide bonds. The number of hydrogen-bond acceptors (Lipinski definition) is 3. The summed E-state index contributed by atoms with van der Waals surface area (Å²) < 4.78 is 26.3. The molecule has 0 aliphatic rings. The number of rotatable bonds is 4. The molecule has 6 heteroatoms. The standard InChI is InChI=1S/C13H10F2N2O2/c14-10-2-1-3-11(7-10)16-8-9-4-5-13(17(18)19)12(15)6-9/h1-7,16H,8H2. The highest BCUT2D eigenvalue weighted by atomic mass is 19.1. The van der Waals surface area contributed by atoms with Crippen LogP contribution in [0.4, 0.5) is 20.2 Å². The zero-order valence-electron chi connectivity index (χ0n) is 9.77. The molecule has 0 spiro atoms. The Morgan fingerprint density at radius 1 is 1.16 bits per heavy atom. The maximum atomic E-state index is 13.4. The van der Waals surface area contributed by atoms with Crippen LogP contribution in [0.2, 0.25) is 0 Å². The first-order chi connectivity index (χ1) is 9.06. The van der Waals surface area contributed by atoms with Crippen molar-refractivity contribution in [3.63, 3.8) is 0 Å². The Bertz CT molecular complexity index is 617. The van der Waals surface area contributed by atoms with Crippen LogP contribution in [0, 0.1) is 21.7 Å². The van der Waals surface area contributed by atoms with Gasteiger partial charge in [0.25, 0.3) is 0 Å². The third kappa shape index (κ3) is 3.25. The van der Waals surface area contributed by atoms with Gasteiger partial charge in [0.15, 0.2) is 0 Å². The minimum atomic E-state index is -0.886. The Morgan fingerprint density at radius 3 is 2.58 bits per heavy atom. The van der Waals surface area contributed by atoms with Crippen molar-refractivity contribution in [3.05, 3.63) is 69.8 Å². The Kier molecular flexibility index (Phi) is 3.70. The topological polar surface area (TPSA) is 55.2 Å². The van der Waals surface area contributed by atoms with E-state index >= 15 is 0 Å². The van der Waals surface area contributed by atoms with E-state index in [0.29, 0.717) is 11.3 Å². The van der Waals surface area contributed by atoms with Gasteiger partial charge in [0, 0.05) is 18.3 Å². The molecule has 2 rings (SSSR count). The summed E-state index contributed by atoms with van der Waals surface area (Å²) in [6.45, 7) is 0.248. The van der Waals surface area contributed by atoms with Gasteiger partial charge in [-0.05, 0) is 29.8 Å². The predicted molar refractivity (Wildman–Crippen MR) is 66.8 cm³/mol. The number of benzene rings is 2. The summed E-state index contributed by atoms with van der Waals surface area (Å²) >= 11 is 0. The minimum Gasteiger partial charge on any atom is -0.381 e. The van der Waals surface area contributed by atoms with Gasteiger partial charge in [-0.3, -0.25) is 10.1 Å². The first-order valence-corrected chi connectivity index (χ1v) is 5.48. The van der Waals surface area contributed by atoms with E-state index in [2.05, 4.69) is 5.32 Å². The van der Waals surface area contributed by atoms with Crippen LogP contribution in [0.25, 0.3) is 0 Å². The molecule has 2 aromatic carbocycles. The number of nitrogens with one attached hydrogen (secondary N) is 1. The van der Waals surface area contributed by atoms with E-state index in [1.165, 1.54) is 18.2 Å².